The molecule has 3 N–H and O–H groups in total. The average molecular weight is 363 g/mol. The molecular formula is C18H19F2N3O3. The van der Waals surface area contributed by atoms with Crippen LogP contribution in [0.5, 0.6) is 5.75 Å². The fourth-order valence-electron chi connectivity index (χ4n) is 2.71. The Morgan fingerprint density at radius 1 is 1.12 bits per heavy atom. The van der Waals surface area contributed by atoms with Gasteiger partial charge in [-0.2, -0.15) is 8.78 Å². The van der Waals surface area contributed by atoms with Gasteiger partial charge in [-0.25, -0.2) is 4.98 Å². The largest absolute Gasteiger partial charge is 0.435 e. The Labute approximate surface area is 148 Å². The number of benzene rings is 2. The second kappa shape index (κ2) is 8.11. The molecule has 0 aliphatic rings. The Bertz CT molecular complexity index is 853. The number of aromatic nitrogens is 2. The number of fused-ring (bicyclic) bond motifs is 1. The highest BCUT2D eigenvalue weighted by Gasteiger charge is 2.15. The van der Waals surface area contributed by atoms with Gasteiger partial charge in [0.05, 0.1) is 30.3 Å². The first kappa shape index (κ1) is 18.1. The zero-order valence-corrected chi connectivity index (χ0v) is 13.8. The molecule has 3 aromatic rings. The molecule has 1 unspecified atom stereocenters. The van der Waals surface area contributed by atoms with Crippen molar-refractivity contribution in [2.45, 2.75) is 19.3 Å². The molecule has 0 saturated carbocycles. The summed E-state index contributed by atoms with van der Waals surface area (Å²) in [5.74, 6) is 0.575. The summed E-state index contributed by atoms with van der Waals surface area (Å²) in [4.78, 5) is 4.47. The molecule has 8 heteroatoms. The third-order valence-electron chi connectivity index (χ3n) is 3.90. The number of rotatable bonds is 8. The Kier molecular flexibility index (Phi) is 5.65. The molecule has 2 aromatic carbocycles. The molecule has 1 aromatic heterocycles. The van der Waals surface area contributed by atoms with E-state index in [0.717, 1.165) is 11.0 Å². The lowest BCUT2D eigenvalue weighted by Crippen LogP contribution is -2.15. The van der Waals surface area contributed by atoms with Gasteiger partial charge < -0.3 is 24.8 Å². The predicted octanol–water partition coefficient (Wildman–Crippen LogP) is 2.78. The van der Waals surface area contributed by atoms with Gasteiger partial charge in [-0.05, 0) is 29.8 Å². The summed E-state index contributed by atoms with van der Waals surface area (Å²) in [5, 5.41) is 22.6. The van der Waals surface area contributed by atoms with Gasteiger partial charge in [-0.3, -0.25) is 0 Å². The fourth-order valence-corrected chi connectivity index (χ4v) is 2.71. The van der Waals surface area contributed by atoms with E-state index in [1.54, 1.807) is 12.1 Å². The van der Waals surface area contributed by atoms with Crippen LogP contribution in [0.15, 0.2) is 48.5 Å². The molecule has 26 heavy (non-hydrogen) atoms. The summed E-state index contributed by atoms with van der Waals surface area (Å²) in [5.41, 5.74) is 2.17. The smallest absolute Gasteiger partial charge is 0.387 e. The van der Waals surface area contributed by atoms with E-state index in [1.807, 2.05) is 28.8 Å². The first-order valence-corrected chi connectivity index (χ1v) is 8.11. The molecule has 1 heterocycles. The monoisotopic (exact) mass is 363 g/mol. The minimum Gasteiger partial charge on any atom is -0.435 e. The normalized spacial score (nSPS) is 12.5. The van der Waals surface area contributed by atoms with Crippen molar-refractivity contribution in [3.63, 3.8) is 0 Å². The predicted molar refractivity (Wildman–Crippen MR) is 93.3 cm³/mol. The number of imidazole rings is 1. The molecule has 3 rings (SSSR count). The number of aliphatic hydroxyl groups is 2. The first-order valence-electron chi connectivity index (χ1n) is 8.11. The van der Waals surface area contributed by atoms with Gasteiger partial charge in [-0.15, -0.1) is 0 Å². The minimum absolute atomic E-state index is 0.0364. The van der Waals surface area contributed by atoms with Crippen LogP contribution in [0.3, 0.4) is 0 Å². The van der Waals surface area contributed by atoms with E-state index in [9.17, 15) is 13.9 Å². The summed E-state index contributed by atoms with van der Waals surface area (Å²) in [6.07, 6.45) is -0.872. The number of nitrogens with zero attached hydrogens (tertiary/aromatic N) is 2. The van der Waals surface area contributed by atoms with Crippen LogP contribution in [-0.4, -0.2) is 39.5 Å². The minimum atomic E-state index is -2.89. The number of nitrogens with one attached hydrogen (secondary N) is 1. The number of aliphatic hydroxyl groups excluding tert-OH is 2. The van der Waals surface area contributed by atoms with E-state index in [1.165, 1.54) is 12.1 Å². The average Bonchev–Trinajstić information content (AvgIpc) is 2.97. The summed E-state index contributed by atoms with van der Waals surface area (Å²) < 4.78 is 30.6. The number of hydrogen-bond donors (Lipinski definition) is 3. The van der Waals surface area contributed by atoms with E-state index < -0.39 is 12.7 Å². The van der Waals surface area contributed by atoms with E-state index in [-0.39, 0.29) is 18.9 Å². The molecule has 0 bridgehead atoms. The van der Waals surface area contributed by atoms with Gasteiger partial charge in [0.15, 0.2) is 0 Å². The van der Waals surface area contributed by atoms with Crippen LogP contribution in [0.4, 0.5) is 14.7 Å². The van der Waals surface area contributed by atoms with E-state index in [2.05, 4.69) is 15.0 Å². The van der Waals surface area contributed by atoms with Crippen molar-refractivity contribution in [2.24, 2.45) is 0 Å². The van der Waals surface area contributed by atoms with Gasteiger partial charge in [0.1, 0.15) is 5.75 Å². The highest BCUT2D eigenvalue weighted by molar-refractivity contribution is 5.78. The maximum atomic E-state index is 12.2. The third kappa shape index (κ3) is 4.09. The summed E-state index contributed by atoms with van der Waals surface area (Å²) in [6.45, 7) is -2.39. The van der Waals surface area contributed by atoms with Gasteiger partial charge in [-0.1, -0.05) is 24.3 Å². The van der Waals surface area contributed by atoms with Crippen molar-refractivity contribution in [1.82, 2.24) is 9.55 Å². The van der Waals surface area contributed by atoms with Crippen molar-refractivity contribution < 1.29 is 23.7 Å². The van der Waals surface area contributed by atoms with Crippen LogP contribution in [0.1, 0.15) is 11.7 Å². The van der Waals surface area contributed by atoms with Gasteiger partial charge in [0.2, 0.25) is 5.95 Å². The number of para-hydroxylation sites is 2. The second-order valence-corrected chi connectivity index (χ2v) is 5.65. The van der Waals surface area contributed by atoms with Crippen LogP contribution < -0.4 is 10.1 Å². The summed E-state index contributed by atoms with van der Waals surface area (Å²) in [6, 6.07) is 13.4. The number of ether oxygens (including phenoxy) is 1. The Hall–Kier alpha value is -2.71. The van der Waals surface area contributed by atoms with Crippen LogP contribution in [0.25, 0.3) is 11.0 Å². The van der Waals surface area contributed by atoms with Crippen molar-refractivity contribution in [3.05, 3.63) is 54.1 Å². The van der Waals surface area contributed by atoms with E-state index in [0.29, 0.717) is 18.1 Å². The summed E-state index contributed by atoms with van der Waals surface area (Å²) in [7, 11) is 0. The summed E-state index contributed by atoms with van der Waals surface area (Å²) >= 11 is 0. The zero-order valence-electron chi connectivity index (χ0n) is 13.8. The lowest BCUT2D eigenvalue weighted by molar-refractivity contribution is -0.0498. The van der Waals surface area contributed by atoms with Crippen molar-refractivity contribution in [2.75, 3.05) is 18.5 Å². The quantitative estimate of drug-likeness (QED) is 0.574. The van der Waals surface area contributed by atoms with E-state index >= 15 is 0 Å². The van der Waals surface area contributed by atoms with Crippen molar-refractivity contribution >= 4 is 17.0 Å². The Morgan fingerprint density at radius 2 is 1.85 bits per heavy atom. The molecule has 0 amide bonds. The molecule has 0 aliphatic carbocycles. The number of halogens is 2. The molecule has 0 radical (unpaired) electrons. The maximum absolute atomic E-state index is 12.2. The molecule has 6 nitrogen and oxygen atoms in total. The number of alkyl halides is 2. The number of anilines is 1. The van der Waals surface area contributed by atoms with E-state index in [4.69, 9.17) is 5.11 Å². The van der Waals surface area contributed by atoms with Crippen LogP contribution in [-0.2, 0) is 6.54 Å². The van der Waals surface area contributed by atoms with Crippen LogP contribution in [0.2, 0.25) is 0 Å². The topological polar surface area (TPSA) is 79.5 Å². The maximum Gasteiger partial charge on any atom is 0.387 e. The van der Waals surface area contributed by atoms with Crippen LogP contribution in [0, 0.1) is 0 Å². The molecule has 0 aliphatic heterocycles. The first-order chi connectivity index (χ1) is 12.6. The van der Waals surface area contributed by atoms with Gasteiger partial charge in [0.25, 0.3) is 0 Å². The molecular weight excluding hydrogens is 344 g/mol. The number of hydrogen-bond acceptors (Lipinski definition) is 5. The third-order valence-corrected chi connectivity index (χ3v) is 3.90. The fraction of sp³-hybridized carbons (Fsp3) is 0.278. The lowest BCUT2D eigenvalue weighted by Gasteiger charge is -2.16. The standard InChI is InChI=1S/C18H19F2N3O3/c19-17(20)26-13-7-5-12(6-8-13)16(25)11-23-15-4-2-1-3-14(15)22-18(23)21-9-10-24/h1-8,16-17,24-25H,9-11H2,(H,21,22). The highest BCUT2D eigenvalue weighted by atomic mass is 19.3. The molecule has 1 atom stereocenters. The van der Waals surface area contributed by atoms with Gasteiger partial charge in [0, 0.05) is 6.54 Å². The molecule has 0 saturated heterocycles. The Balaban J connectivity index is 1.82. The highest BCUT2D eigenvalue weighted by Crippen LogP contribution is 2.25. The second-order valence-electron chi connectivity index (χ2n) is 5.65. The zero-order chi connectivity index (χ0) is 18.5. The molecule has 0 fully saturated rings. The SMILES string of the molecule is OCCNc1nc2ccccc2n1CC(O)c1ccc(OC(F)F)cc1. The molecule has 138 valence electrons. The van der Waals surface area contributed by atoms with Crippen molar-refractivity contribution in [1.29, 1.82) is 0 Å². The molecule has 0 spiro atoms. The lowest BCUT2D eigenvalue weighted by atomic mass is 10.1. The van der Waals surface area contributed by atoms with Crippen LogP contribution >= 0.6 is 0 Å². The van der Waals surface area contributed by atoms with Gasteiger partial charge >= 0.3 is 6.61 Å². The Morgan fingerprint density at radius 3 is 2.54 bits per heavy atom. The van der Waals surface area contributed by atoms with Crippen molar-refractivity contribution in [3.8, 4) is 5.75 Å².